The van der Waals surface area contributed by atoms with Gasteiger partial charge in [0.05, 0.1) is 4.90 Å². The van der Waals surface area contributed by atoms with Crippen LogP contribution in [-0.4, -0.2) is 37.6 Å². The summed E-state index contributed by atoms with van der Waals surface area (Å²) in [6, 6.07) is 8.82. The largest absolute Gasteiger partial charge is 0.273 e. The number of carbonyl (C=O) groups excluding carboxylic acids is 2. The Morgan fingerprint density at radius 1 is 0.933 bits per heavy atom. The fourth-order valence-electron chi connectivity index (χ4n) is 3.07. The number of carbonyl (C=O) groups is 2. The summed E-state index contributed by atoms with van der Waals surface area (Å²) >= 11 is 0. The number of nitrogens with zero attached hydrogens (tertiary/aromatic N) is 1. The molecule has 1 heterocycles. The molecule has 0 atom stereocenters. The van der Waals surface area contributed by atoms with E-state index in [-0.39, 0.29) is 23.3 Å². The van der Waals surface area contributed by atoms with Gasteiger partial charge in [-0.2, -0.15) is 4.31 Å². The Morgan fingerprint density at radius 3 is 2.23 bits per heavy atom. The van der Waals surface area contributed by atoms with Gasteiger partial charge in [0.2, 0.25) is 15.9 Å². The molecule has 2 aromatic carbocycles. The molecule has 0 saturated carbocycles. The first-order valence-corrected chi connectivity index (χ1v) is 10.8. The standard InChI is InChI=1S/C20H21F2N3O4S/c21-17-9-3-14(13-18(17)22)4-10-19(26)23-24-20(27)15-5-7-16(8-6-15)30(28,29)25-11-1-2-12-25/h3,5-9,13H,1-2,4,10-12H2,(H,23,26)(H,24,27). The molecule has 0 bridgehead atoms. The lowest BCUT2D eigenvalue weighted by Crippen LogP contribution is -2.41. The van der Waals surface area contributed by atoms with E-state index >= 15 is 0 Å². The number of benzene rings is 2. The van der Waals surface area contributed by atoms with Crippen molar-refractivity contribution < 1.29 is 26.8 Å². The van der Waals surface area contributed by atoms with Crippen LogP contribution in [0.3, 0.4) is 0 Å². The topological polar surface area (TPSA) is 95.6 Å². The summed E-state index contributed by atoms with van der Waals surface area (Å²) in [4.78, 5) is 24.1. The van der Waals surface area contributed by atoms with Gasteiger partial charge in [0.25, 0.3) is 5.91 Å². The summed E-state index contributed by atoms with van der Waals surface area (Å²) in [5.41, 5.74) is 5.10. The van der Waals surface area contributed by atoms with Crippen molar-refractivity contribution in [2.45, 2.75) is 30.6 Å². The molecule has 0 unspecified atom stereocenters. The highest BCUT2D eigenvalue weighted by molar-refractivity contribution is 7.89. The first-order valence-electron chi connectivity index (χ1n) is 9.41. The van der Waals surface area contributed by atoms with Crippen molar-refractivity contribution in [3.8, 4) is 0 Å². The van der Waals surface area contributed by atoms with Crippen molar-refractivity contribution in [1.29, 1.82) is 0 Å². The van der Waals surface area contributed by atoms with Crippen molar-refractivity contribution >= 4 is 21.8 Å². The Bertz CT molecular complexity index is 1040. The van der Waals surface area contributed by atoms with Crippen LogP contribution >= 0.6 is 0 Å². The second-order valence-electron chi connectivity index (χ2n) is 6.89. The molecule has 30 heavy (non-hydrogen) atoms. The van der Waals surface area contributed by atoms with E-state index in [4.69, 9.17) is 0 Å². The van der Waals surface area contributed by atoms with Crippen molar-refractivity contribution in [2.24, 2.45) is 0 Å². The molecule has 1 aliphatic rings. The highest BCUT2D eigenvalue weighted by atomic mass is 32.2. The Kier molecular flexibility index (Phi) is 6.78. The summed E-state index contributed by atoms with van der Waals surface area (Å²) in [5, 5.41) is 0. The maximum absolute atomic E-state index is 13.2. The molecule has 1 aliphatic heterocycles. The van der Waals surface area contributed by atoms with Gasteiger partial charge < -0.3 is 0 Å². The third-order valence-electron chi connectivity index (χ3n) is 4.76. The summed E-state index contributed by atoms with van der Waals surface area (Å²) < 4.78 is 52.4. The van der Waals surface area contributed by atoms with Gasteiger partial charge in [-0.25, -0.2) is 17.2 Å². The molecule has 2 amide bonds. The van der Waals surface area contributed by atoms with Crippen LogP contribution in [0.25, 0.3) is 0 Å². The number of aryl methyl sites for hydroxylation is 1. The molecule has 1 saturated heterocycles. The lowest BCUT2D eigenvalue weighted by molar-refractivity contribution is -0.121. The number of nitrogens with one attached hydrogen (secondary N) is 2. The maximum Gasteiger partial charge on any atom is 0.269 e. The SMILES string of the molecule is O=C(CCc1ccc(F)c(F)c1)NNC(=O)c1ccc(S(=O)(=O)N2CCCC2)cc1. The zero-order chi connectivity index (χ0) is 21.7. The lowest BCUT2D eigenvalue weighted by atomic mass is 10.1. The van der Waals surface area contributed by atoms with Gasteiger partial charge in [0.1, 0.15) is 0 Å². The predicted octanol–water partition coefficient (Wildman–Crippen LogP) is 2.14. The average molecular weight is 437 g/mol. The van der Waals surface area contributed by atoms with Gasteiger partial charge >= 0.3 is 0 Å². The molecule has 0 aliphatic carbocycles. The van der Waals surface area contributed by atoms with Crippen LogP contribution in [-0.2, 0) is 21.2 Å². The second kappa shape index (κ2) is 9.31. The van der Waals surface area contributed by atoms with E-state index in [0.717, 1.165) is 25.0 Å². The van der Waals surface area contributed by atoms with Gasteiger partial charge in [-0.3, -0.25) is 20.4 Å². The van der Waals surface area contributed by atoms with E-state index in [0.29, 0.717) is 18.7 Å². The van der Waals surface area contributed by atoms with E-state index < -0.39 is 33.5 Å². The molecule has 10 heteroatoms. The van der Waals surface area contributed by atoms with E-state index in [9.17, 15) is 26.8 Å². The first kappa shape index (κ1) is 21.8. The van der Waals surface area contributed by atoms with E-state index in [1.54, 1.807) is 0 Å². The molecule has 160 valence electrons. The van der Waals surface area contributed by atoms with E-state index in [2.05, 4.69) is 10.9 Å². The molecule has 0 radical (unpaired) electrons. The number of rotatable bonds is 6. The Hall–Kier alpha value is -2.85. The number of hydrazine groups is 1. The van der Waals surface area contributed by atoms with Crippen molar-refractivity contribution in [2.75, 3.05) is 13.1 Å². The number of amides is 2. The number of hydrogen-bond donors (Lipinski definition) is 2. The van der Waals surface area contributed by atoms with Crippen LogP contribution in [0.2, 0.25) is 0 Å². The monoisotopic (exact) mass is 437 g/mol. The number of sulfonamides is 1. The quantitative estimate of drug-likeness (QED) is 0.677. The molecular formula is C20H21F2N3O4S. The minimum Gasteiger partial charge on any atom is -0.273 e. The van der Waals surface area contributed by atoms with Gasteiger partial charge in [-0.05, 0) is 61.2 Å². The molecule has 2 aromatic rings. The zero-order valence-corrected chi connectivity index (χ0v) is 16.8. The van der Waals surface area contributed by atoms with E-state index in [1.807, 2.05) is 0 Å². The smallest absolute Gasteiger partial charge is 0.269 e. The summed E-state index contributed by atoms with van der Waals surface area (Å²) in [6.07, 6.45) is 1.78. The number of hydrogen-bond acceptors (Lipinski definition) is 4. The highest BCUT2D eigenvalue weighted by Crippen LogP contribution is 2.21. The molecule has 7 nitrogen and oxygen atoms in total. The Labute approximate surface area is 173 Å². The Balaban J connectivity index is 1.50. The van der Waals surface area contributed by atoms with Crippen LogP contribution in [0.1, 0.15) is 35.2 Å². The van der Waals surface area contributed by atoms with Crippen LogP contribution in [0.5, 0.6) is 0 Å². The van der Waals surface area contributed by atoms with Gasteiger partial charge in [0.15, 0.2) is 11.6 Å². The van der Waals surface area contributed by atoms with Crippen LogP contribution in [0, 0.1) is 11.6 Å². The normalized spacial score (nSPS) is 14.5. The minimum absolute atomic E-state index is 0.0433. The summed E-state index contributed by atoms with van der Waals surface area (Å²) in [6.45, 7) is 0.975. The zero-order valence-electron chi connectivity index (χ0n) is 16.0. The molecule has 0 aromatic heterocycles. The minimum atomic E-state index is -3.56. The Morgan fingerprint density at radius 2 is 1.60 bits per heavy atom. The maximum atomic E-state index is 13.2. The third kappa shape index (κ3) is 5.19. The summed E-state index contributed by atoms with van der Waals surface area (Å²) in [5.74, 6) is -3.08. The van der Waals surface area contributed by atoms with Gasteiger partial charge in [0, 0.05) is 25.1 Å². The van der Waals surface area contributed by atoms with E-state index in [1.165, 1.54) is 34.6 Å². The predicted molar refractivity (Wildman–Crippen MR) is 105 cm³/mol. The van der Waals surface area contributed by atoms with Gasteiger partial charge in [-0.15, -0.1) is 0 Å². The van der Waals surface area contributed by atoms with Crippen molar-refractivity contribution in [3.63, 3.8) is 0 Å². The van der Waals surface area contributed by atoms with Crippen molar-refractivity contribution in [1.82, 2.24) is 15.2 Å². The average Bonchev–Trinajstić information content (AvgIpc) is 3.29. The molecule has 3 rings (SSSR count). The fraction of sp³-hybridized carbons (Fsp3) is 0.300. The molecule has 0 spiro atoms. The molecule has 1 fully saturated rings. The van der Waals surface area contributed by atoms with Gasteiger partial charge in [-0.1, -0.05) is 6.07 Å². The molecule has 2 N–H and O–H groups in total. The van der Waals surface area contributed by atoms with Crippen LogP contribution < -0.4 is 10.9 Å². The van der Waals surface area contributed by atoms with Crippen LogP contribution in [0.4, 0.5) is 8.78 Å². The van der Waals surface area contributed by atoms with Crippen LogP contribution in [0.15, 0.2) is 47.4 Å². The van der Waals surface area contributed by atoms with Crippen molar-refractivity contribution in [3.05, 3.63) is 65.2 Å². The third-order valence-corrected chi connectivity index (χ3v) is 6.67. The first-order chi connectivity index (χ1) is 14.3. The fourth-order valence-corrected chi connectivity index (χ4v) is 4.59. The number of halogens is 2. The molecular weight excluding hydrogens is 416 g/mol. The second-order valence-corrected chi connectivity index (χ2v) is 8.82. The highest BCUT2D eigenvalue weighted by Gasteiger charge is 2.27. The lowest BCUT2D eigenvalue weighted by Gasteiger charge is -2.15. The summed E-state index contributed by atoms with van der Waals surface area (Å²) in [7, 11) is -3.56.